The molecule has 30 heavy (non-hydrogen) atoms. The van der Waals surface area contributed by atoms with Gasteiger partial charge in [0.1, 0.15) is 13.2 Å². The van der Waals surface area contributed by atoms with Crippen LogP contribution in [0.1, 0.15) is 16.7 Å². The first-order valence-electron chi connectivity index (χ1n) is 9.39. The van der Waals surface area contributed by atoms with Crippen LogP contribution in [-0.2, 0) is 29.2 Å². The zero-order valence-corrected chi connectivity index (χ0v) is 16.9. The molecule has 3 aromatic rings. The number of alkyl halides is 1. The Morgan fingerprint density at radius 1 is 0.767 bits per heavy atom. The minimum absolute atomic E-state index is 0.110. The Morgan fingerprint density at radius 3 is 1.83 bits per heavy atom. The average Bonchev–Trinajstić information content (AvgIpc) is 2.77. The number of Topliss-reactive ketones (excluding diaryl/α,β-unsaturated/α-hetero) is 1. The van der Waals surface area contributed by atoms with Gasteiger partial charge in [0.05, 0.1) is 0 Å². The molecule has 1 atom stereocenters. The zero-order valence-electron chi connectivity index (χ0n) is 16.2. The number of carbonyl (C=O) groups excluding carboxylic acids is 1. The number of ketones is 1. The van der Waals surface area contributed by atoms with Gasteiger partial charge in [0.25, 0.3) is 0 Å². The first-order valence-corrected chi connectivity index (χ1v) is 9.82. The molecule has 0 aliphatic carbocycles. The normalized spacial score (nSPS) is 11.5. The lowest BCUT2D eigenvalue weighted by molar-refractivity contribution is -0.139. The summed E-state index contributed by atoms with van der Waals surface area (Å²) < 4.78 is 11.9. The first-order chi connectivity index (χ1) is 14.5. The molecule has 0 amide bonds. The molecular formula is C24H21ClO5. The predicted octanol–water partition coefficient (Wildman–Crippen LogP) is 4.65. The summed E-state index contributed by atoms with van der Waals surface area (Å²) in [7, 11) is 0. The molecule has 6 heteroatoms. The fraction of sp³-hybridized carbons (Fsp3) is 0.167. The predicted molar refractivity (Wildman–Crippen MR) is 114 cm³/mol. The van der Waals surface area contributed by atoms with E-state index in [1.54, 1.807) is 18.2 Å². The lowest BCUT2D eigenvalue weighted by Crippen LogP contribution is -2.25. The monoisotopic (exact) mass is 424 g/mol. The maximum absolute atomic E-state index is 12.1. The Balaban J connectivity index is 1.77. The number of hydrogen-bond acceptors (Lipinski definition) is 4. The Labute approximate surface area is 179 Å². The molecule has 0 bridgehead atoms. The van der Waals surface area contributed by atoms with Crippen molar-refractivity contribution in [1.29, 1.82) is 0 Å². The van der Waals surface area contributed by atoms with Crippen LogP contribution in [0.5, 0.6) is 11.5 Å². The molecule has 0 spiro atoms. The minimum Gasteiger partial charge on any atom is -0.485 e. The number of carbonyl (C=O) groups is 2. The van der Waals surface area contributed by atoms with E-state index in [0.717, 1.165) is 11.1 Å². The van der Waals surface area contributed by atoms with Gasteiger partial charge in [-0.05, 0) is 28.8 Å². The van der Waals surface area contributed by atoms with Crippen LogP contribution in [0.15, 0.2) is 78.9 Å². The van der Waals surface area contributed by atoms with Crippen molar-refractivity contribution in [2.24, 2.45) is 0 Å². The van der Waals surface area contributed by atoms with E-state index >= 15 is 0 Å². The topological polar surface area (TPSA) is 72.8 Å². The van der Waals surface area contributed by atoms with Crippen LogP contribution >= 0.6 is 11.6 Å². The molecule has 0 aliphatic heterocycles. The number of ether oxygens (including phenoxy) is 2. The van der Waals surface area contributed by atoms with Crippen LogP contribution < -0.4 is 9.47 Å². The first kappa shape index (κ1) is 21.4. The van der Waals surface area contributed by atoms with Gasteiger partial charge in [0.2, 0.25) is 0 Å². The van der Waals surface area contributed by atoms with Gasteiger partial charge >= 0.3 is 5.97 Å². The molecule has 1 unspecified atom stereocenters. The highest BCUT2D eigenvalue weighted by atomic mass is 35.5. The molecule has 154 valence electrons. The van der Waals surface area contributed by atoms with Crippen LogP contribution in [0.3, 0.4) is 0 Å². The Kier molecular flexibility index (Phi) is 7.46. The van der Waals surface area contributed by atoms with Crippen molar-refractivity contribution in [3.63, 3.8) is 0 Å². The molecule has 3 rings (SSSR count). The van der Waals surface area contributed by atoms with Crippen LogP contribution in [0.2, 0.25) is 0 Å². The molecule has 0 radical (unpaired) electrons. The summed E-state index contributed by atoms with van der Waals surface area (Å²) in [6, 6.07) is 24.5. The number of hydrogen-bond donors (Lipinski definition) is 1. The smallest absolute Gasteiger partial charge is 0.329 e. The van der Waals surface area contributed by atoms with E-state index in [2.05, 4.69) is 0 Å². The largest absolute Gasteiger partial charge is 0.485 e. The third-order valence-electron chi connectivity index (χ3n) is 4.36. The summed E-state index contributed by atoms with van der Waals surface area (Å²) in [5, 5.41) is 7.34. The van der Waals surface area contributed by atoms with Gasteiger partial charge in [-0.15, -0.1) is 11.6 Å². The van der Waals surface area contributed by atoms with Crippen LogP contribution in [-0.4, -0.2) is 22.2 Å². The Morgan fingerprint density at radius 2 is 1.30 bits per heavy atom. The summed E-state index contributed by atoms with van der Waals surface area (Å²) in [4.78, 5) is 23.0. The number of rotatable bonds is 10. The van der Waals surface area contributed by atoms with E-state index in [9.17, 15) is 9.59 Å². The Hall–Kier alpha value is -3.31. The van der Waals surface area contributed by atoms with E-state index in [0.29, 0.717) is 30.3 Å². The second-order valence-electron chi connectivity index (χ2n) is 6.67. The van der Waals surface area contributed by atoms with E-state index in [4.69, 9.17) is 26.2 Å². The van der Waals surface area contributed by atoms with E-state index in [1.807, 2.05) is 60.7 Å². The molecular weight excluding hydrogens is 404 g/mol. The van der Waals surface area contributed by atoms with Gasteiger partial charge in [0, 0.05) is 6.42 Å². The standard InChI is InChI=1S/C24H21ClO5/c25-23(24(27)28)20(26)13-19-11-12-21(29-15-17-7-3-1-4-8-17)22(14-19)30-16-18-9-5-2-6-10-18/h1-12,14,23H,13,15-16H2,(H,27,28). The highest BCUT2D eigenvalue weighted by Gasteiger charge is 2.23. The van der Waals surface area contributed by atoms with Crippen molar-refractivity contribution in [2.75, 3.05) is 0 Å². The van der Waals surface area contributed by atoms with Crippen LogP contribution in [0, 0.1) is 0 Å². The third kappa shape index (κ3) is 6.09. The summed E-state index contributed by atoms with van der Waals surface area (Å²) >= 11 is 5.64. The van der Waals surface area contributed by atoms with Crippen LogP contribution in [0.4, 0.5) is 0 Å². The quantitative estimate of drug-likeness (QED) is 0.379. The second kappa shape index (κ2) is 10.5. The van der Waals surface area contributed by atoms with E-state index in [1.165, 1.54) is 0 Å². The number of carboxylic acid groups (broad SMARTS) is 1. The summed E-state index contributed by atoms with van der Waals surface area (Å²) in [6.07, 6.45) is -0.110. The lowest BCUT2D eigenvalue weighted by atomic mass is 10.1. The highest BCUT2D eigenvalue weighted by molar-refractivity contribution is 6.40. The van der Waals surface area contributed by atoms with Crippen LogP contribution in [0.25, 0.3) is 0 Å². The molecule has 5 nitrogen and oxygen atoms in total. The van der Waals surface area contributed by atoms with Crippen molar-refractivity contribution in [2.45, 2.75) is 25.0 Å². The number of halogens is 1. The van der Waals surface area contributed by atoms with Crippen molar-refractivity contribution in [3.05, 3.63) is 95.6 Å². The number of carboxylic acids is 1. The molecule has 1 N–H and O–H groups in total. The van der Waals surface area contributed by atoms with Crippen molar-refractivity contribution < 1.29 is 24.2 Å². The molecule has 0 aliphatic rings. The number of aliphatic carboxylic acids is 1. The van der Waals surface area contributed by atoms with Gasteiger partial charge in [-0.3, -0.25) is 9.59 Å². The molecule has 0 saturated heterocycles. The highest BCUT2D eigenvalue weighted by Crippen LogP contribution is 2.30. The molecule has 0 aromatic heterocycles. The SMILES string of the molecule is O=C(O)C(Cl)C(=O)Cc1ccc(OCc2ccccc2)c(OCc2ccccc2)c1. The van der Waals surface area contributed by atoms with Gasteiger partial charge < -0.3 is 14.6 Å². The fourth-order valence-electron chi connectivity index (χ4n) is 2.79. The molecule has 0 saturated carbocycles. The minimum atomic E-state index is -1.58. The van der Waals surface area contributed by atoms with Gasteiger partial charge in [-0.1, -0.05) is 66.7 Å². The van der Waals surface area contributed by atoms with Crippen molar-refractivity contribution in [1.82, 2.24) is 0 Å². The van der Waals surface area contributed by atoms with Gasteiger partial charge in [-0.2, -0.15) is 0 Å². The Bertz CT molecular complexity index is 989. The molecule has 0 fully saturated rings. The van der Waals surface area contributed by atoms with Gasteiger partial charge in [-0.25, -0.2) is 0 Å². The van der Waals surface area contributed by atoms with E-state index < -0.39 is 17.1 Å². The number of benzene rings is 3. The molecule has 0 heterocycles. The fourth-order valence-corrected chi connectivity index (χ4v) is 2.87. The summed E-state index contributed by atoms with van der Waals surface area (Å²) in [5.41, 5.74) is 2.60. The third-order valence-corrected chi connectivity index (χ3v) is 4.79. The maximum Gasteiger partial charge on any atom is 0.329 e. The van der Waals surface area contributed by atoms with E-state index in [-0.39, 0.29) is 6.42 Å². The van der Waals surface area contributed by atoms with Crippen molar-refractivity contribution in [3.8, 4) is 11.5 Å². The second-order valence-corrected chi connectivity index (χ2v) is 7.11. The average molecular weight is 425 g/mol. The van der Waals surface area contributed by atoms with Crippen molar-refractivity contribution >= 4 is 23.4 Å². The summed E-state index contributed by atoms with van der Waals surface area (Å²) in [6.45, 7) is 0.691. The summed E-state index contributed by atoms with van der Waals surface area (Å²) in [5.74, 6) is -0.936. The van der Waals surface area contributed by atoms with Gasteiger partial charge in [0.15, 0.2) is 22.7 Å². The zero-order chi connectivity index (χ0) is 21.3. The lowest BCUT2D eigenvalue weighted by Gasteiger charge is -2.15. The molecule has 3 aromatic carbocycles. The maximum atomic E-state index is 12.1.